The van der Waals surface area contributed by atoms with E-state index in [1.807, 2.05) is 78.5 Å². The van der Waals surface area contributed by atoms with Gasteiger partial charge in [0, 0.05) is 18.3 Å². The predicted octanol–water partition coefficient (Wildman–Crippen LogP) is 5.52. The van der Waals surface area contributed by atoms with Crippen LogP contribution in [0.2, 0.25) is 0 Å². The molecular formula is C28H32N2O4S. The molecule has 4 rings (SSSR count). The lowest BCUT2D eigenvalue weighted by Crippen LogP contribution is -2.28. The van der Waals surface area contributed by atoms with E-state index in [2.05, 4.69) is 10.6 Å². The molecule has 0 aromatic heterocycles. The number of thioether (sulfide) groups is 1. The molecule has 0 saturated carbocycles. The second kappa shape index (κ2) is 12.4. The molecule has 1 saturated heterocycles. The monoisotopic (exact) mass is 492 g/mol. The van der Waals surface area contributed by atoms with Crippen molar-refractivity contribution in [3.63, 3.8) is 0 Å². The molecule has 0 aliphatic carbocycles. The van der Waals surface area contributed by atoms with E-state index in [0.717, 1.165) is 41.2 Å². The Morgan fingerprint density at radius 3 is 2.43 bits per heavy atom. The summed E-state index contributed by atoms with van der Waals surface area (Å²) >= 11 is 1.98. The maximum absolute atomic E-state index is 13.3. The number of amides is 1. The van der Waals surface area contributed by atoms with Crippen LogP contribution in [-0.4, -0.2) is 37.7 Å². The average Bonchev–Trinajstić information content (AvgIpc) is 2.92. The number of carbonyl (C=O) groups is 1. The molecule has 3 aromatic rings. The third kappa shape index (κ3) is 6.85. The first-order valence-electron chi connectivity index (χ1n) is 11.8. The van der Waals surface area contributed by atoms with Crippen LogP contribution in [0.15, 0.2) is 66.7 Å². The van der Waals surface area contributed by atoms with Gasteiger partial charge in [0.1, 0.15) is 12.4 Å². The zero-order valence-electron chi connectivity index (χ0n) is 20.2. The minimum atomic E-state index is -0.155. The standard InChI is InChI=1S/C28H32N2O4S/c1-32-26-11-8-21(16-27(26)33-2)18-29-28(31)24-17-23(34-19-20-6-4-3-5-7-20)9-10-25(24)30-22-12-14-35-15-13-22/h3-11,16-17,22,30H,12-15,18-19H2,1-2H3,(H,29,31). The van der Waals surface area contributed by atoms with E-state index in [9.17, 15) is 4.79 Å². The van der Waals surface area contributed by atoms with Crippen molar-refractivity contribution in [3.05, 3.63) is 83.4 Å². The van der Waals surface area contributed by atoms with Crippen molar-refractivity contribution in [2.24, 2.45) is 0 Å². The quantitative estimate of drug-likeness (QED) is 0.388. The minimum Gasteiger partial charge on any atom is -0.493 e. The number of benzene rings is 3. The first-order chi connectivity index (χ1) is 17.2. The third-order valence-corrected chi connectivity index (χ3v) is 7.01. The minimum absolute atomic E-state index is 0.155. The van der Waals surface area contributed by atoms with Crippen LogP contribution in [0.3, 0.4) is 0 Å². The first kappa shape index (κ1) is 24.8. The molecular weight excluding hydrogens is 460 g/mol. The van der Waals surface area contributed by atoms with Gasteiger partial charge in [0.25, 0.3) is 5.91 Å². The number of hydrogen-bond donors (Lipinski definition) is 2. The van der Waals surface area contributed by atoms with Gasteiger partial charge in [-0.25, -0.2) is 0 Å². The van der Waals surface area contributed by atoms with Crippen molar-refractivity contribution in [2.45, 2.75) is 32.0 Å². The fourth-order valence-corrected chi connectivity index (χ4v) is 5.10. The SMILES string of the molecule is COc1ccc(CNC(=O)c2cc(OCc3ccccc3)ccc2NC2CCSCC2)cc1OC. The molecule has 6 nitrogen and oxygen atoms in total. The summed E-state index contributed by atoms with van der Waals surface area (Å²) in [7, 11) is 3.20. The summed E-state index contributed by atoms with van der Waals surface area (Å²) in [5.41, 5.74) is 3.41. The Hall–Kier alpha value is -3.32. The second-order valence-electron chi connectivity index (χ2n) is 8.38. The van der Waals surface area contributed by atoms with E-state index >= 15 is 0 Å². The van der Waals surface area contributed by atoms with Gasteiger partial charge in [0.2, 0.25) is 0 Å². The average molecular weight is 493 g/mol. The van der Waals surface area contributed by atoms with E-state index in [-0.39, 0.29) is 5.91 Å². The van der Waals surface area contributed by atoms with E-state index in [4.69, 9.17) is 14.2 Å². The summed E-state index contributed by atoms with van der Waals surface area (Å²) < 4.78 is 16.7. The molecule has 35 heavy (non-hydrogen) atoms. The molecule has 2 N–H and O–H groups in total. The van der Waals surface area contributed by atoms with Crippen LogP contribution in [0.4, 0.5) is 5.69 Å². The molecule has 0 spiro atoms. The van der Waals surface area contributed by atoms with Crippen LogP contribution in [0, 0.1) is 0 Å². The van der Waals surface area contributed by atoms with E-state index in [1.165, 1.54) is 0 Å². The lowest BCUT2D eigenvalue weighted by Gasteiger charge is -2.25. The van der Waals surface area contributed by atoms with Crippen molar-refractivity contribution >= 4 is 23.4 Å². The van der Waals surface area contributed by atoms with Crippen molar-refractivity contribution in [2.75, 3.05) is 31.0 Å². The first-order valence-corrected chi connectivity index (χ1v) is 13.0. The van der Waals surface area contributed by atoms with Crippen molar-refractivity contribution < 1.29 is 19.0 Å². The van der Waals surface area contributed by atoms with Crippen LogP contribution < -0.4 is 24.8 Å². The molecule has 1 aliphatic rings. The molecule has 7 heteroatoms. The molecule has 0 bridgehead atoms. The molecule has 0 radical (unpaired) electrons. The molecule has 0 unspecified atom stereocenters. The Balaban J connectivity index is 1.50. The van der Waals surface area contributed by atoms with Gasteiger partial charge in [-0.1, -0.05) is 36.4 Å². The highest BCUT2D eigenvalue weighted by Crippen LogP contribution is 2.29. The molecule has 1 heterocycles. The number of anilines is 1. The Labute approximate surface area is 211 Å². The van der Waals surface area contributed by atoms with Gasteiger partial charge in [-0.2, -0.15) is 11.8 Å². The van der Waals surface area contributed by atoms with Gasteiger partial charge in [-0.05, 0) is 65.8 Å². The van der Waals surface area contributed by atoms with E-state index in [0.29, 0.717) is 42.0 Å². The van der Waals surface area contributed by atoms with E-state index in [1.54, 1.807) is 14.2 Å². The Morgan fingerprint density at radius 2 is 1.69 bits per heavy atom. The second-order valence-corrected chi connectivity index (χ2v) is 9.61. The number of nitrogens with one attached hydrogen (secondary N) is 2. The zero-order valence-corrected chi connectivity index (χ0v) is 21.0. The predicted molar refractivity (Wildman–Crippen MR) is 142 cm³/mol. The number of hydrogen-bond acceptors (Lipinski definition) is 6. The normalized spacial score (nSPS) is 13.7. The van der Waals surface area contributed by atoms with Crippen LogP contribution in [-0.2, 0) is 13.2 Å². The summed E-state index contributed by atoms with van der Waals surface area (Å²) in [6, 6.07) is 21.7. The summed E-state index contributed by atoms with van der Waals surface area (Å²) in [4.78, 5) is 13.3. The highest BCUT2D eigenvalue weighted by Gasteiger charge is 2.19. The fraction of sp³-hybridized carbons (Fsp3) is 0.321. The molecule has 0 atom stereocenters. The van der Waals surface area contributed by atoms with Crippen molar-refractivity contribution in [1.29, 1.82) is 0 Å². The number of rotatable bonds is 10. The zero-order chi connectivity index (χ0) is 24.5. The molecule has 1 fully saturated rings. The highest BCUT2D eigenvalue weighted by molar-refractivity contribution is 7.99. The topological polar surface area (TPSA) is 68.8 Å². The lowest BCUT2D eigenvalue weighted by atomic mass is 10.1. The van der Waals surface area contributed by atoms with Gasteiger partial charge in [-0.3, -0.25) is 4.79 Å². The largest absolute Gasteiger partial charge is 0.493 e. The Kier molecular flexibility index (Phi) is 8.79. The van der Waals surface area contributed by atoms with Crippen LogP contribution in [0.1, 0.15) is 34.3 Å². The summed E-state index contributed by atoms with van der Waals surface area (Å²) in [5, 5.41) is 6.64. The number of ether oxygens (including phenoxy) is 3. The Morgan fingerprint density at radius 1 is 0.914 bits per heavy atom. The molecule has 1 amide bonds. The summed E-state index contributed by atoms with van der Waals surface area (Å²) in [5.74, 6) is 4.07. The van der Waals surface area contributed by atoms with Gasteiger partial charge in [-0.15, -0.1) is 0 Å². The summed E-state index contributed by atoms with van der Waals surface area (Å²) in [6.07, 6.45) is 2.17. The molecule has 1 aliphatic heterocycles. The van der Waals surface area contributed by atoms with Crippen LogP contribution in [0.25, 0.3) is 0 Å². The van der Waals surface area contributed by atoms with Crippen molar-refractivity contribution in [1.82, 2.24) is 5.32 Å². The van der Waals surface area contributed by atoms with Gasteiger partial charge in [0.05, 0.1) is 19.8 Å². The number of methoxy groups -OCH3 is 2. The maximum atomic E-state index is 13.3. The lowest BCUT2D eigenvalue weighted by molar-refractivity contribution is 0.0951. The smallest absolute Gasteiger partial charge is 0.253 e. The fourth-order valence-electron chi connectivity index (χ4n) is 4.00. The molecule has 3 aromatic carbocycles. The van der Waals surface area contributed by atoms with E-state index < -0.39 is 0 Å². The van der Waals surface area contributed by atoms with Crippen LogP contribution in [0.5, 0.6) is 17.2 Å². The van der Waals surface area contributed by atoms with Gasteiger partial charge >= 0.3 is 0 Å². The third-order valence-electron chi connectivity index (χ3n) is 5.97. The van der Waals surface area contributed by atoms with Gasteiger partial charge < -0.3 is 24.8 Å². The highest BCUT2D eigenvalue weighted by atomic mass is 32.2. The summed E-state index contributed by atoms with van der Waals surface area (Å²) in [6.45, 7) is 0.813. The van der Waals surface area contributed by atoms with Gasteiger partial charge in [0.15, 0.2) is 11.5 Å². The maximum Gasteiger partial charge on any atom is 0.253 e. The molecule has 184 valence electrons. The Bertz CT molecular complexity index is 1120. The van der Waals surface area contributed by atoms with Crippen molar-refractivity contribution in [3.8, 4) is 17.2 Å². The number of carbonyl (C=O) groups excluding carboxylic acids is 1. The van der Waals surface area contributed by atoms with Crippen LogP contribution >= 0.6 is 11.8 Å².